The van der Waals surface area contributed by atoms with Crippen molar-refractivity contribution in [2.24, 2.45) is 0 Å². The summed E-state index contributed by atoms with van der Waals surface area (Å²) in [6.45, 7) is 1.65. The zero-order valence-corrected chi connectivity index (χ0v) is 13.9. The standard InChI is InChI=1S/C20H16O5/c1-11-9-17-19(20(22)24-11)15(10-18(21)25-17)13-7-8-16(23-2)14-6-4-3-5-12(13)14/h3-9,15H,10H2,1-2H3/t15-/m0/s1. The number of ether oxygens (including phenoxy) is 2. The molecule has 126 valence electrons. The van der Waals surface area contributed by atoms with Crippen LogP contribution in [0.15, 0.2) is 51.7 Å². The van der Waals surface area contributed by atoms with Crippen LogP contribution in [-0.4, -0.2) is 13.1 Å². The van der Waals surface area contributed by atoms with E-state index in [-0.39, 0.29) is 18.1 Å². The maximum absolute atomic E-state index is 12.5. The molecule has 0 radical (unpaired) electrons. The molecule has 0 unspecified atom stereocenters. The number of benzene rings is 2. The van der Waals surface area contributed by atoms with E-state index in [1.807, 2.05) is 36.4 Å². The maximum atomic E-state index is 12.5. The average Bonchev–Trinajstić information content (AvgIpc) is 2.59. The third-order valence-corrected chi connectivity index (χ3v) is 4.53. The summed E-state index contributed by atoms with van der Waals surface area (Å²) in [6.07, 6.45) is 0.0944. The lowest BCUT2D eigenvalue weighted by molar-refractivity contribution is -0.135. The summed E-state index contributed by atoms with van der Waals surface area (Å²) in [5.41, 5.74) is 0.804. The Balaban J connectivity index is 2.00. The molecule has 3 aromatic rings. The zero-order valence-electron chi connectivity index (χ0n) is 13.9. The van der Waals surface area contributed by atoms with Crippen molar-refractivity contribution in [3.63, 3.8) is 0 Å². The molecule has 0 N–H and O–H groups in total. The molecule has 1 atom stereocenters. The molecular weight excluding hydrogens is 320 g/mol. The van der Waals surface area contributed by atoms with Gasteiger partial charge in [0.05, 0.1) is 19.1 Å². The average molecular weight is 336 g/mol. The molecule has 0 fully saturated rings. The van der Waals surface area contributed by atoms with E-state index in [0.29, 0.717) is 11.3 Å². The number of aryl methyl sites for hydroxylation is 1. The number of hydrogen-bond donors (Lipinski definition) is 0. The number of esters is 1. The van der Waals surface area contributed by atoms with Crippen LogP contribution in [-0.2, 0) is 4.79 Å². The Hall–Kier alpha value is -3.08. The Kier molecular flexibility index (Phi) is 3.57. The number of fused-ring (bicyclic) bond motifs is 2. The van der Waals surface area contributed by atoms with Crippen LogP contribution in [0, 0.1) is 6.92 Å². The second-order valence-corrected chi connectivity index (χ2v) is 6.06. The van der Waals surface area contributed by atoms with Crippen LogP contribution in [0.3, 0.4) is 0 Å². The number of hydrogen-bond acceptors (Lipinski definition) is 5. The van der Waals surface area contributed by atoms with E-state index in [9.17, 15) is 9.59 Å². The number of rotatable bonds is 2. The van der Waals surface area contributed by atoms with Crippen LogP contribution in [0.1, 0.15) is 29.2 Å². The topological polar surface area (TPSA) is 65.7 Å². The predicted molar refractivity (Wildman–Crippen MR) is 92.3 cm³/mol. The van der Waals surface area contributed by atoms with E-state index in [1.54, 1.807) is 20.1 Å². The molecule has 0 saturated heterocycles. The molecule has 5 heteroatoms. The molecule has 2 aromatic carbocycles. The van der Waals surface area contributed by atoms with Crippen LogP contribution in [0.25, 0.3) is 10.8 Å². The molecule has 1 aliphatic rings. The normalized spacial score (nSPS) is 16.4. The molecule has 0 aliphatic carbocycles. The van der Waals surface area contributed by atoms with Crippen molar-refractivity contribution in [2.45, 2.75) is 19.3 Å². The molecular formula is C20H16O5. The number of carbonyl (C=O) groups is 1. The molecule has 25 heavy (non-hydrogen) atoms. The number of carbonyl (C=O) groups excluding carboxylic acids is 1. The van der Waals surface area contributed by atoms with Crippen molar-refractivity contribution in [1.82, 2.24) is 0 Å². The first-order valence-electron chi connectivity index (χ1n) is 7.99. The van der Waals surface area contributed by atoms with Crippen LogP contribution < -0.4 is 15.1 Å². The lowest BCUT2D eigenvalue weighted by Crippen LogP contribution is -2.26. The summed E-state index contributed by atoms with van der Waals surface area (Å²) in [6, 6.07) is 13.1. The maximum Gasteiger partial charge on any atom is 0.343 e. The monoisotopic (exact) mass is 336 g/mol. The fourth-order valence-corrected chi connectivity index (χ4v) is 3.47. The second kappa shape index (κ2) is 5.77. The van der Waals surface area contributed by atoms with Crippen molar-refractivity contribution in [3.8, 4) is 11.5 Å². The van der Waals surface area contributed by atoms with Crippen LogP contribution in [0.2, 0.25) is 0 Å². The van der Waals surface area contributed by atoms with Gasteiger partial charge in [0.2, 0.25) is 0 Å². The van der Waals surface area contributed by atoms with Crippen LogP contribution in [0.4, 0.5) is 0 Å². The highest BCUT2D eigenvalue weighted by Crippen LogP contribution is 2.41. The fraction of sp³-hybridized carbons (Fsp3) is 0.200. The van der Waals surface area contributed by atoms with Gasteiger partial charge in [0.25, 0.3) is 0 Å². The molecule has 0 spiro atoms. The summed E-state index contributed by atoms with van der Waals surface area (Å²) < 4.78 is 16.0. The second-order valence-electron chi connectivity index (χ2n) is 6.06. The van der Waals surface area contributed by atoms with Crippen LogP contribution in [0.5, 0.6) is 11.5 Å². The predicted octanol–water partition coefficient (Wildman–Crippen LogP) is 3.55. The van der Waals surface area contributed by atoms with Crippen LogP contribution >= 0.6 is 0 Å². The summed E-state index contributed by atoms with van der Waals surface area (Å²) in [4.78, 5) is 24.6. The molecule has 4 rings (SSSR count). The summed E-state index contributed by atoms with van der Waals surface area (Å²) in [5.74, 6) is 0.673. The van der Waals surface area contributed by atoms with Gasteiger partial charge in [0, 0.05) is 17.4 Å². The van der Waals surface area contributed by atoms with Crippen molar-refractivity contribution in [3.05, 3.63) is 69.8 Å². The highest BCUT2D eigenvalue weighted by Gasteiger charge is 2.33. The quantitative estimate of drug-likeness (QED) is 0.670. The summed E-state index contributed by atoms with van der Waals surface area (Å²) in [5, 5.41) is 1.87. The lowest BCUT2D eigenvalue weighted by Gasteiger charge is -2.25. The van der Waals surface area contributed by atoms with Gasteiger partial charge in [-0.25, -0.2) is 4.79 Å². The van der Waals surface area contributed by atoms with E-state index in [1.165, 1.54) is 0 Å². The third-order valence-electron chi connectivity index (χ3n) is 4.53. The molecule has 5 nitrogen and oxygen atoms in total. The number of methoxy groups -OCH3 is 1. The van der Waals surface area contributed by atoms with E-state index < -0.39 is 11.5 Å². The smallest absolute Gasteiger partial charge is 0.343 e. The van der Waals surface area contributed by atoms with E-state index in [4.69, 9.17) is 13.9 Å². The zero-order chi connectivity index (χ0) is 17.6. The third kappa shape index (κ3) is 2.48. The Morgan fingerprint density at radius 3 is 2.60 bits per heavy atom. The molecule has 1 aliphatic heterocycles. The van der Waals surface area contributed by atoms with E-state index in [2.05, 4.69) is 0 Å². The van der Waals surface area contributed by atoms with Gasteiger partial charge in [-0.2, -0.15) is 0 Å². The van der Waals surface area contributed by atoms with Gasteiger partial charge in [0.1, 0.15) is 17.3 Å². The molecule has 0 bridgehead atoms. The largest absolute Gasteiger partial charge is 0.496 e. The van der Waals surface area contributed by atoms with E-state index >= 15 is 0 Å². The molecule has 1 aromatic heterocycles. The Morgan fingerprint density at radius 2 is 1.84 bits per heavy atom. The van der Waals surface area contributed by atoms with Gasteiger partial charge in [-0.1, -0.05) is 30.3 Å². The minimum absolute atomic E-state index is 0.0944. The first-order chi connectivity index (χ1) is 12.1. The molecule has 2 heterocycles. The van der Waals surface area contributed by atoms with E-state index in [0.717, 1.165) is 22.1 Å². The molecule has 0 saturated carbocycles. The lowest BCUT2D eigenvalue weighted by atomic mass is 9.84. The Morgan fingerprint density at radius 1 is 1.08 bits per heavy atom. The van der Waals surface area contributed by atoms with Gasteiger partial charge >= 0.3 is 11.6 Å². The van der Waals surface area contributed by atoms with Gasteiger partial charge in [-0.3, -0.25) is 4.79 Å². The van der Waals surface area contributed by atoms with Crippen molar-refractivity contribution < 1.29 is 18.7 Å². The van der Waals surface area contributed by atoms with Gasteiger partial charge < -0.3 is 13.9 Å². The Labute approximate surface area is 143 Å². The van der Waals surface area contributed by atoms with Gasteiger partial charge in [-0.05, 0) is 23.9 Å². The first kappa shape index (κ1) is 15.4. The van der Waals surface area contributed by atoms with Crippen molar-refractivity contribution in [1.29, 1.82) is 0 Å². The summed E-state index contributed by atoms with van der Waals surface area (Å²) >= 11 is 0. The summed E-state index contributed by atoms with van der Waals surface area (Å²) in [7, 11) is 1.62. The highest BCUT2D eigenvalue weighted by molar-refractivity contribution is 5.92. The van der Waals surface area contributed by atoms with Gasteiger partial charge in [0.15, 0.2) is 0 Å². The van der Waals surface area contributed by atoms with Crippen molar-refractivity contribution >= 4 is 16.7 Å². The van der Waals surface area contributed by atoms with Crippen molar-refractivity contribution in [2.75, 3.05) is 7.11 Å². The minimum Gasteiger partial charge on any atom is -0.496 e. The highest BCUT2D eigenvalue weighted by atomic mass is 16.5. The SMILES string of the molecule is COc1ccc([C@@H]2CC(=O)Oc3cc(C)oc(=O)c32)c2ccccc12. The molecule has 0 amide bonds. The Bertz CT molecular complexity index is 1050. The fourth-order valence-electron chi connectivity index (χ4n) is 3.47. The minimum atomic E-state index is -0.465. The van der Waals surface area contributed by atoms with Gasteiger partial charge in [-0.15, -0.1) is 0 Å². The first-order valence-corrected chi connectivity index (χ1v) is 7.99.